The molecule has 0 amide bonds. The fraction of sp³-hybridized carbons (Fsp3) is 0.0833. The van der Waals surface area contributed by atoms with E-state index in [4.69, 9.17) is 16.3 Å². The lowest BCUT2D eigenvalue weighted by atomic mass is 9.91. The van der Waals surface area contributed by atoms with Gasteiger partial charge in [0.15, 0.2) is 6.23 Å². The zero-order chi connectivity index (χ0) is 18.2. The van der Waals surface area contributed by atoms with Crippen LogP contribution < -0.4 is 10.1 Å². The third kappa shape index (κ3) is 2.97. The maximum absolute atomic E-state index is 6.36. The van der Waals surface area contributed by atoms with Gasteiger partial charge in [0.2, 0.25) is 0 Å². The van der Waals surface area contributed by atoms with Gasteiger partial charge in [0.05, 0.1) is 6.04 Å². The molecule has 4 aromatic rings. The molecule has 2 atom stereocenters. The molecule has 1 N–H and O–H groups in total. The Morgan fingerprint density at radius 1 is 0.704 bits per heavy atom. The molecule has 2 nitrogen and oxygen atoms in total. The molecule has 0 aliphatic carbocycles. The normalized spacial score (nSPS) is 18.7. The van der Waals surface area contributed by atoms with Gasteiger partial charge in [0.1, 0.15) is 5.75 Å². The van der Waals surface area contributed by atoms with Crippen molar-refractivity contribution in [3.63, 3.8) is 0 Å². The average Bonchev–Trinajstić information content (AvgIpc) is 2.74. The zero-order valence-electron chi connectivity index (χ0n) is 14.6. The Kier molecular flexibility index (Phi) is 4.08. The number of halogens is 1. The summed E-state index contributed by atoms with van der Waals surface area (Å²) in [7, 11) is 0. The van der Waals surface area contributed by atoms with Crippen LogP contribution in [0, 0.1) is 0 Å². The van der Waals surface area contributed by atoms with Crippen LogP contribution in [-0.2, 0) is 0 Å². The van der Waals surface area contributed by atoms with Crippen LogP contribution in [0.4, 0.5) is 0 Å². The molecule has 0 unspecified atom stereocenters. The van der Waals surface area contributed by atoms with Gasteiger partial charge in [0.25, 0.3) is 0 Å². The van der Waals surface area contributed by atoms with E-state index in [-0.39, 0.29) is 12.3 Å². The van der Waals surface area contributed by atoms with E-state index in [1.807, 2.05) is 30.3 Å². The molecule has 0 spiro atoms. The van der Waals surface area contributed by atoms with Gasteiger partial charge in [-0.05, 0) is 34.5 Å². The molecule has 4 aromatic carbocycles. The standard InChI is InChI=1S/C24H18ClNO/c25-19-13-10-18(11-14-19)24-26-23(17-7-2-1-3-8-17)22-20-9-5-4-6-16(20)12-15-21(22)27-24/h1-15,23-24,26H/t23-,24+/m1/s1. The fourth-order valence-electron chi connectivity index (χ4n) is 3.78. The van der Waals surface area contributed by atoms with E-state index in [1.54, 1.807) is 0 Å². The molecular formula is C24H18ClNO. The lowest BCUT2D eigenvalue weighted by Gasteiger charge is -2.35. The predicted molar refractivity (Wildman–Crippen MR) is 110 cm³/mol. The highest BCUT2D eigenvalue weighted by molar-refractivity contribution is 6.30. The minimum absolute atomic E-state index is 0.0433. The van der Waals surface area contributed by atoms with E-state index in [0.29, 0.717) is 0 Å². The van der Waals surface area contributed by atoms with Crippen LogP contribution in [0.5, 0.6) is 5.75 Å². The summed E-state index contributed by atoms with van der Waals surface area (Å²) in [5, 5.41) is 6.84. The Hall–Kier alpha value is -2.81. The Labute approximate surface area is 163 Å². The molecule has 27 heavy (non-hydrogen) atoms. The Morgan fingerprint density at radius 2 is 1.44 bits per heavy atom. The van der Waals surface area contributed by atoms with E-state index in [9.17, 15) is 0 Å². The second-order valence-corrected chi connectivity index (χ2v) is 7.19. The number of fused-ring (bicyclic) bond motifs is 3. The first-order valence-electron chi connectivity index (χ1n) is 9.04. The molecule has 0 bridgehead atoms. The Bertz CT molecular complexity index is 1090. The monoisotopic (exact) mass is 371 g/mol. The third-order valence-corrected chi connectivity index (χ3v) is 5.34. The summed E-state index contributed by atoms with van der Waals surface area (Å²) in [6.07, 6.45) is -0.235. The van der Waals surface area contributed by atoms with Crippen LogP contribution in [-0.4, -0.2) is 0 Å². The van der Waals surface area contributed by atoms with Crippen LogP contribution in [0.25, 0.3) is 10.8 Å². The molecule has 132 valence electrons. The van der Waals surface area contributed by atoms with Gasteiger partial charge < -0.3 is 4.74 Å². The van der Waals surface area contributed by atoms with Crippen molar-refractivity contribution in [2.75, 3.05) is 0 Å². The smallest absolute Gasteiger partial charge is 0.177 e. The highest BCUT2D eigenvalue weighted by Gasteiger charge is 2.31. The zero-order valence-corrected chi connectivity index (χ0v) is 15.4. The molecule has 1 aliphatic heterocycles. The summed E-state index contributed by atoms with van der Waals surface area (Å²) in [4.78, 5) is 0. The maximum atomic E-state index is 6.36. The van der Waals surface area contributed by atoms with Crippen LogP contribution in [0.3, 0.4) is 0 Å². The maximum Gasteiger partial charge on any atom is 0.177 e. The molecule has 0 saturated heterocycles. The SMILES string of the molecule is Clc1ccc([C@H]2N[C@H](c3ccccc3)c3c(ccc4ccccc34)O2)cc1. The first kappa shape index (κ1) is 16.4. The number of rotatable bonds is 2. The molecule has 0 fully saturated rings. The van der Waals surface area contributed by atoms with Crippen LogP contribution in [0.2, 0.25) is 5.02 Å². The number of hydrogen-bond donors (Lipinski definition) is 1. The lowest BCUT2D eigenvalue weighted by molar-refractivity contribution is 0.134. The van der Waals surface area contributed by atoms with Gasteiger partial charge in [-0.3, -0.25) is 5.32 Å². The number of nitrogens with one attached hydrogen (secondary N) is 1. The van der Waals surface area contributed by atoms with Crippen molar-refractivity contribution in [1.29, 1.82) is 0 Å². The van der Waals surface area contributed by atoms with Crippen LogP contribution in [0.15, 0.2) is 91.0 Å². The molecule has 3 heteroatoms. The molecule has 1 heterocycles. The van der Waals surface area contributed by atoms with E-state index < -0.39 is 0 Å². The van der Waals surface area contributed by atoms with Gasteiger partial charge in [-0.1, -0.05) is 84.4 Å². The van der Waals surface area contributed by atoms with Crippen molar-refractivity contribution < 1.29 is 4.74 Å². The van der Waals surface area contributed by atoms with Crippen molar-refractivity contribution in [2.24, 2.45) is 0 Å². The molecular weight excluding hydrogens is 354 g/mol. The number of hydrogen-bond acceptors (Lipinski definition) is 2. The molecule has 0 saturated carbocycles. The van der Waals surface area contributed by atoms with Crippen molar-refractivity contribution >= 4 is 22.4 Å². The van der Waals surface area contributed by atoms with Gasteiger partial charge in [0, 0.05) is 16.1 Å². The van der Waals surface area contributed by atoms with Crippen LogP contribution in [0.1, 0.15) is 29.0 Å². The van der Waals surface area contributed by atoms with Crippen molar-refractivity contribution in [2.45, 2.75) is 12.3 Å². The topological polar surface area (TPSA) is 21.3 Å². The van der Waals surface area contributed by atoms with E-state index >= 15 is 0 Å². The van der Waals surface area contributed by atoms with Crippen molar-refractivity contribution in [1.82, 2.24) is 5.32 Å². The van der Waals surface area contributed by atoms with E-state index in [1.165, 1.54) is 21.9 Å². The Balaban J connectivity index is 1.68. The second kappa shape index (κ2) is 6.73. The Morgan fingerprint density at radius 3 is 2.26 bits per heavy atom. The number of ether oxygens (including phenoxy) is 1. The second-order valence-electron chi connectivity index (χ2n) is 6.76. The minimum atomic E-state index is -0.235. The minimum Gasteiger partial charge on any atom is -0.471 e. The van der Waals surface area contributed by atoms with Crippen LogP contribution >= 0.6 is 11.6 Å². The summed E-state index contributed by atoms with van der Waals surface area (Å²) in [5.41, 5.74) is 3.46. The van der Waals surface area contributed by atoms with Gasteiger partial charge in [-0.15, -0.1) is 0 Å². The first-order chi connectivity index (χ1) is 13.3. The van der Waals surface area contributed by atoms with E-state index in [0.717, 1.165) is 16.3 Å². The summed E-state index contributed by atoms with van der Waals surface area (Å²) >= 11 is 6.06. The van der Waals surface area contributed by atoms with Crippen molar-refractivity contribution in [3.8, 4) is 5.75 Å². The summed E-state index contributed by atoms with van der Waals surface area (Å²) < 4.78 is 6.36. The fourth-order valence-corrected chi connectivity index (χ4v) is 3.91. The molecule has 5 rings (SSSR count). The summed E-state index contributed by atoms with van der Waals surface area (Å²) in [6, 6.07) is 31.0. The van der Waals surface area contributed by atoms with Gasteiger partial charge in [-0.25, -0.2) is 0 Å². The summed E-state index contributed by atoms with van der Waals surface area (Å²) in [6.45, 7) is 0. The number of benzene rings is 4. The molecule has 0 radical (unpaired) electrons. The quantitative estimate of drug-likeness (QED) is 0.448. The van der Waals surface area contributed by atoms with Gasteiger partial charge in [-0.2, -0.15) is 0 Å². The van der Waals surface area contributed by atoms with Gasteiger partial charge >= 0.3 is 0 Å². The molecule has 0 aromatic heterocycles. The predicted octanol–water partition coefficient (Wildman–Crippen LogP) is 6.26. The largest absolute Gasteiger partial charge is 0.471 e. The molecule has 1 aliphatic rings. The highest BCUT2D eigenvalue weighted by Crippen LogP contribution is 2.42. The third-order valence-electron chi connectivity index (χ3n) is 5.09. The summed E-state index contributed by atoms with van der Waals surface area (Å²) in [5.74, 6) is 0.918. The lowest BCUT2D eigenvalue weighted by Crippen LogP contribution is -2.35. The average molecular weight is 372 g/mol. The highest BCUT2D eigenvalue weighted by atomic mass is 35.5. The van der Waals surface area contributed by atoms with E-state index in [2.05, 4.69) is 66.0 Å². The first-order valence-corrected chi connectivity index (χ1v) is 9.42. The van der Waals surface area contributed by atoms with Crippen molar-refractivity contribution in [3.05, 3.63) is 113 Å².